The van der Waals surface area contributed by atoms with Gasteiger partial charge >= 0.3 is 5.97 Å². The second-order valence-electron chi connectivity index (χ2n) is 4.43. The standard InChI is InChI=1S/C12H14ClFO2S/c1-12(2,6-10(15)16)7-4-8(13)11(17-3)9(14)5-7/h4-5H,6H2,1-3H3,(H,15,16). The van der Waals surface area contributed by atoms with Crippen LogP contribution >= 0.6 is 23.4 Å². The number of carboxylic acid groups (broad SMARTS) is 1. The number of thioether (sulfide) groups is 1. The molecule has 17 heavy (non-hydrogen) atoms. The average molecular weight is 277 g/mol. The largest absolute Gasteiger partial charge is 0.481 e. The van der Waals surface area contributed by atoms with Gasteiger partial charge in [-0.3, -0.25) is 4.79 Å². The molecule has 94 valence electrons. The molecule has 0 aliphatic carbocycles. The van der Waals surface area contributed by atoms with E-state index in [1.54, 1.807) is 26.2 Å². The Morgan fingerprint density at radius 3 is 2.53 bits per heavy atom. The minimum atomic E-state index is -0.916. The third-order valence-electron chi connectivity index (χ3n) is 2.58. The SMILES string of the molecule is CSc1c(F)cc(C(C)(C)CC(=O)O)cc1Cl. The van der Waals surface area contributed by atoms with Crippen molar-refractivity contribution in [3.05, 3.63) is 28.5 Å². The van der Waals surface area contributed by atoms with Gasteiger partial charge in [0.1, 0.15) is 5.82 Å². The highest BCUT2D eigenvalue weighted by molar-refractivity contribution is 7.98. The van der Waals surface area contributed by atoms with E-state index in [-0.39, 0.29) is 6.42 Å². The zero-order valence-electron chi connectivity index (χ0n) is 9.88. The zero-order chi connectivity index (χ0) is 13.2. The molecule has 0 spiro atoms. The predicted octanol–water partition coefficient (Wildman–Crippen LogP) is 3.95. The van der Waals surface area contributed by atoms with Gasteiger partial charge in [0, 0.05) is 5.41 Å². The van der Waals surface area contributed by atoms with Crippen LogP contribution in [-0.2, 0) is 10.2 Å². The van der Waals surface area contributed by atoms with E-state index in [1.165, 1.54) is 17.8 Å². The molecule has 0 unspecified atom stereocenters. The number of benzene rings is 1. The molecule has 1 aromatic rings. The Kier molecular flexibility index (Phi) is 4.44. The summed E-state index contributed by atoms with van der Waals surface area (Å²) >= 11 is 7.20. The molecular weight excluding hydrogens is 263 g/mol. The first-order valence-corrected chi connectivity index (χ1v) is 6.63. The van der Waals surface area contributed by atoms with Crippen LogP contribution in [0.5, 0.6) is 0 Å². The van der Waals surface area contributed by atoms with Crippen LogP contribution in [0.1, 0.15) is 25.8 Å². The number of carbonyl (C=O) groups is 1. The summed E-state index contributed by atoms with van der Waals surface area (Å²) in [5.74, 6) is -1.32. The van der Waals surface area contributed by atoms with Crippen LogP contribution in [0.2, 0.25) is 5.02 Å². The topological polar surface area (TPSA) is 37.3 Å². The Morgan fingerprint density at radius 2 is 2.12 bits per heavy atom. The van der Waals surface area contributed by atoms with Crippen molar-refractivity contribution in [1.82, 2.24) is 0 Å². The lowest BCUT2D eigenvalue weighted by atomic mass is 9.81. The molecule has 0 aromatic heterocycles. The van der Waals surface area contributed by atoms with Gasteiger partial charge in [-0.05, 0) is 24.0 Å². The summed E-state index contributed by atoms with van der Waals surface area (Å²) in [4.78, 5) is 11.1. The highest BCUT2D eigenvalue weighted by Gasteiger charge is 2.26. The van der Waals surface area contributed by atoms with Crippen LogP contribution in [0.15, 0.2) is 17.0 Å². The summed E-state index contributed by atoms with van der Waals surface area (Å²) in [5, 5.41) is 9.14. The number of aliphatic carboxylic acids is 1. The quantitative estimate of drug-likeness (QED) is 0.846. The zero-order valence-corrected chi connectivity index (χ0v) is 11.5. The molecule has 0 fully saturated rings. The molecule has 0 saturated carbocycles. The Hall–Kier alpha value is -0.740. The lowest BCUT2D eigenvalue weighted by Crippen LogP contribution is -2.22. The van der Waals surface area contributed by atoms with Crippen molar-refractivity contribution in [2.24, 2.45) is 0 Å². The fourth-order valence-electron chi connectivity index (χ4n) is 1.63. The van der Waals surface area contributed by atoms with Gasteiger partial charge in [-0.15, -0.1) is 11.8 Å². The molecule has 0 aliphatic heterocycles. The Balaban J connectivity index is 3.20. The second kappa shape index (κ2) is 5.27. The van der Waals surface area contributed by atoms with Crippen LogP contribution in [0.4, 0.5) is 4.39 Å². The summed E-state index contributed by atoms with van der Waals surface area (Å²) in [7, 11) is 0. The van der Waals surface area contributed by atoms with Gasteiger partial charge in [0.15, 0.2) is 0 Å². The minimum Gasteiger partial charge on any atom is -0.481 e. The van der Waals surface area contributed by atoms with Gasteiger partial charge in [0.05, 0.1) is 16.3 Å². The molecule has 0 aliphatic rings. The Labute approximate surface area is 109 Å². The molecule has 0 radical (unpaired) electrons. The third-order valence-corrected chi connectivity index (χ3v) is 3.81. The van der Waals surface area contributed by atoms with Crippen LogP contribution in [0, 0.1) is 5.82 Å². The van der Waals surface area contributed by atoms with Crippen molar-refractivity contribution in [2.75, 3.05) is 6.26 Å². The summed E-state index contributed by atoms with van der Waals surface area (Å²) in [6.07, 6.45) is 1.67. The van der Waals surface area contributed by atoms with E-state index in [4.69, 9.17) is 16.7 Å². The summed E-state index contributed by atoms with van der Waals surface area (Å²) < 4.78 is 13.7. The number of hydrogen-bond acceptors (Lipinski definition) is 2. The van der Waals surface area contributed by atoms with Crippen molar-refractivity contribution in [2.45, 2.75) is 30.6 Å². The van der Waals surface area contributed by atoms with Gasteiger partial charge in [-0.1, -0.05) is 25.4 Å². The fourth-order valence-corrected chi connectivity index (χ4v) is 2.57. The van der Waals surface area contributed by atoms with E-state index < -0.39 is 17.2 Å². The number of hydrogen-bond donors (Lipinski definition) is 1. The lowest BCUT2D eigenvalue weighted by Gasteiger charge is -2.24. The monoisotopic (exact) mass is 276 g/mol. The van der Waals surface area contributed by atoms with Gasteiger partial charge in [0.2, 0.25) is 0 Å². The summed E-state index contributed by atoms with van der Waals surface area (Å²) in [6, 6.07) is 3.00. The molecule has 1 aromatic carbocycles. The number of rotatable bonds is 4. The van der Waals surface area contributed by atoms with Crippen molar-refractivity contribution >= 4 is 29.3 Å². The van der Waals surface area contributed by atoms with E-state index >= 15 is 0 Å². The van der Waals surface area contributed by atoms with Crippen molar-refractivity contribution in [3.8, 4) is 0 Å². The molecule has 0 heterocycles. The highest BCUT2D eigenvalue weighted by atomic mass is 35.5. The van der Waals surface area contributed by atoms with Gasteiger partial charge < -0.3 is 5.11 Å². The van der Waals surface area contributed by atoms with Crippen LogP contribution in [0.25, 0.3) is 0 Å². The van der Waals surface area contributed by atoms with E-state index in [2.05, 4.69) is 0 Å². The number of carboxylic acids is 1. The lowest BCUT2D eigenvalue weighted by molar-refractivity contribution is -0.138. The van der Waals surface area contributed by atoms with E-state index in [0.717, 1.165) is 0 Å². The van der Waals surface area contributed by atoms with Gasteiger partial charge in [-0.25, -0.2) is 4.39 Å². The summed E-state index contributed by atoms with van der Waals surface area (Å²) in [5.41, 5.74) is -0.0482. The molecule has 1 rings (SSSR count). The normalized spacial score (nSPS) is 11.6. The molecule has 2 nitrogen and oxygen atoms in total. The van der Waals surface area contributed by atoms with Crippen molar-refractivity contribution in [1.29, 1.82) is 0 Å². The summed E-state index contributed by atoms with van der Waals surface area (Å²) in [6.45, 7) is 3.51. The van der Waals surface area contributed by atoms with Crippen molar-refractivity contribution in [3.63, 3.8) is 0 Å². The van der Waals surface area contributed by atoms with E-state index in [1.807, 2.05) is 0 Å². The highest BCUT2D eigenvalue weighted by Crippen LogP contribution is 2.35. The molecule has 0 saturated heterocycles. The minimum absolute atomic E-state index is 0.0681. The molecule has 0 atom stereocenters. The maximum absolute atomic E-state index is 13.7. The molecule has 0 amide bonds. The smallest absolute Gasteiger partial charge is 0.304 e. The van der Waals surface area contributed by atoms with Crippen LogP contribution in [0.3, 0.4) is 0 Å². The molecular formula is C12H14ClFO2S. The maximum Gasteiger partial charge on any atom is 0.304 e. The first kappa shape index (κ1) is 14.3. The molecule has 1 N–H and O–H groups in total. The second-order valence-corrected chi connectivity index (χ2v) is 5.65. The Morgan fingerprint density at radius 1 is 1.53 bits per heavy atom. The maximum atomic E-state index is 13.7. The fraction of sp³-hybridized carbons (Fsp3) is 0.417. The first-order chi connectivity index (χ1) is 7.77. The third kappa shape index (κ3) is 3.36. The van der Waals surface area contributed by atoms with Gasteiger partial charge in [-0.2, -0.15) is 0 Å². The van der Waals surface area contributed by atoms with Crippen LogP contribution < -0.4 is 0 Å². The van der Waals surface area contributed by atoms with Crippen molar-refractivity contribution < 1.29 is 14.3 Å². The Bertz CT molecular complexity index is 423. The first-order valence-electron chi connectivity index (χ1n) is 5.03. The predicted molar refractivity (Wildman–Crippen MR) is 68.5 cm³/mol. The average Bonchev–Trinajstić information content (AvgIpc) is 2.14. The number of halogens is 2. The molecule has 5 heteroatoms. The van der Waals surface area contributed by atoms with Gasteiger partial charge in [0.25, 0.3) is 0 Å². The van der Waals surface area contributed by atoms with Crippen LogP contribution in [-0.4, -0.2) is 17.3 Å². The van der Waals surface area contributed by atoms with E-state index in [0.29, 0.717) is 15.5 Å². The molecule has 0 bridgehead atoms. The van der Waals surface area contributed by atoms with E-state index in [9.17, 15) is 9.18 Å².